The lowest BCUT2D eigenvalue weighted by molar-refractivity contribution is -0.0379. The molecule has 2 atom stereocenters. The first-order chi connectivity index (χ1) is 22.5. The van der Waals surface area contributed by atoms with Gasteiger partial charge in [-0.15, -0.1) is 0 Å². The minimum absolute atomic E-state index is 0.124. The summed E-state index contributed by atoms with van der Waals surface area (Å²) in [4.78, 5) is 13.1. The summed E-state index contributed by atoms with van der Waals surface area (Å²) in [6.07, 6.45) is 2.02. The number of hydrogen-bond acceptors (Lipinski definition) is 10. The van der Waals surface area contributed by atoms with Crippen LogP contribution in [0.1, 0.15) is 55.9 Å². The fraction of sp³-hybridized carbons (Fsp3) is 0.424. The van der Waals surface area contributed by atoms with Gasteiger partial charge in [-0.25, -0.2) is 18.3 Å². The van der Waals surface area contributed by atoms with E-state index in [0.29, 0.717) is 47.1 Å². The van der Waals surface area contributed by atoms with E-state index in [1.54, 1.807) is 45.6 Å². The molecule has 0 radical (unpaired) electrons. The first kappa shape index (κ1) is 36.1. The van der Waals surface area contributed by atoms with Crippen molar-refractivity contribution in [1.29, 1.82) is 0 Å². The van der Waals surface area contributed by atoms with Crippen molar-refractivity contribution in [3.05, 3.63) is 64.1 Å². The minimum Gasteiger partial charge on any atom is -0.493 e. The zero-order valence-electron chi connectivity index (χ0n) is 27.1. The number of ether oxygens (including phenoxy) is 6. The van der Waals surface area contributed by atoms with Gasteiger partial charge in [0.2, 0.25) is 5.75 Å². The summed E-state index contributed by atoms with van der Waals surface area (Å²) in [5.74, 6) is 1.57. The van der Waals surface area contributed by atoms with Gasteiger partial charge in [-0.3, -0.25) is 5.21 Å². The molecule has 12 nitrogen and oxygen atoms in total. The quantitative estimate of drug-likeness (QED) is 0.124. The highest BCUT2D eigenvalue weighted by Crippen LogP contribution is 2.48. The molecule has 4 rings (SSSR count). The van der Waals surface area contributed by atoms with Crippen molar-refractivity contribution in [2.75, 3.05) is 52.7 Å². The van der Waals surface area contributed by atoms with E-state index in [0.717, 1.165) is 16.5 Å². The second kappa shape index (κ2) is 16.4. The highest BCUT2D eigenvalue weighted by Gasteiger charge is 2.31. The molecule has 0 bridgehead atoms. The summed E-state index contributed by atoms with van der Waals surface area (Å²) < 4.78 is 61.3. The molecule has 1 saturated heterocycles. The van der Waals surface area contributed by atoms with Crippen molar-refractivity contribution >= 4 is 37.5 Å². The normalized spacial score (nSPS) is 16.0. The first-order valence-corrected chi connectivity index (χ1v) is 17.5. The second-order valence-corrected chi connectivity index (χ2v) is 13.8. The van der Waals surface area contributed by atoms with Gasteiger partial charge < -0.3 is 33.7 Å². The maximum Gasteiger partial charge on any atom is 0.345 e. The van der Waals surface area contributed by atoms with Crippen molar-refractivity contribution in [2.24, 2.45) is 0 Å². The predicted octanol–water partition coefficient (Wildman–Crippen LogP) is 6.95. The summed E-state index contributed by atoms with van der Waals surface area (Å²) in [7, 11) is 2.43. The third-order valence-electron chi connectivity index (χ3n) is 7.72. The smallest absolute Gasteiger partial charge is 0.345 e. The summed E-state index contributed by atoms with van der Waals surface area (Å²) in [5, 5.41) is 13.6. The Morgan fingerprint density at radius 2 is 1.47 bits per heavy atom. The molecule has 14 heteroatoms. The largest absolute Gasteiger partial charge is 0.493 e. The van der Waals surface area contributed by atoms with Crippen LogP contribution in [0.4, 0.5) is 10.5 Å². The lowest BCUT2D eigenvalue weighted by Gasteiger charge is -2.22. The zero-order chi connectivity index (χ0) is 34.1. The molecule has 2 N–H and O–H groups in total. The summed E-state index contributed by atoms with van der Waals surface area (Å²) in [5.41, 5.74) is 1.74. The van der Waals surface area contributed by atoms with Crippen LogP contribution in [0.15, 0.2) is 57.9 Å². The monoisotopic (exact) mass is 736 g/mol. The van der Waals surface area contributed by atoms with Gasteiger partial charge in [0.1, 0.15) is 6.61 Å². The number of anilines is 1. The van der Waals surface area contributed by atoms with Gasteiger partial charge in [0.15, 0.2) is 32.8 Å². The van der Waals surface area contributed by atoms with E-state index in [-0.39, 0.29) is 53.2 Å². The van der Waals surface area contributed by atoms with E-state index in [1.165, 1.54) is 19.2 Å². The van der Waals surface area contributed by atoms with E-state index in [9.17, 15) is 18.4 Å². The molecule has 47 heavy (non-hydrogen) atoms. The first-order valence-electron chi connectivity index (χ1n) is 15.1. The van der Waals surface area contributed by atoms with E-state index in [4.69, 9.17) is 28.4 Å². The maximum atomic E-state index is 13.0. The van der Waals surface area contributed by atoms with Gasteiger partial charge in [0, 0.05) is 4.47 Å². The number of rotatable bonds is 15. The van der Waals surface area contributed by atoms with Crippen molar-refractivity contribution in [3.8, 4) is 28.7 Å². The Bertz CT molecular complexity index is 1610. The highest BCUT2D eigenvalue weighted by molar-refractivity contribution is 9.10. The van der Waals surface area contributed by atoms with Gasteiger partial charge in [0.05, 0.1) is 63.5 Å². The maximum absolute atomic E-state index is 13.0. The van der Waals surface area contributed by atoms with Crippen molar-refractivity contribution in [1.82, 2.24) is 5.06 Å². The Morgan fingerprint density at radius 3 is 2.00 bits per heavy atom. The molecule has 0 saturated carbocycles. The highest BCUT2D eigenvalue weighted by atomic mass is 79.9. The van der Waals surface area contributed by atoms with Crippen LogP contribution in [0, 0.1) is 0 Å². The number of halogens is 1. The molecule has 2 amide bonds. The van der Waals surface area contributed by atoms with Crippen LogP contribution in [0.3, 0.4) is 0 Å². The fourth-order valence-corrected chi connectivity index (χ4v) is 6.57. The molecule has 3 aromatic rings. The third-order valence-corrected chi connectivity index (χ3v) is 9.94. The van der Waals surface area contributed by atoms with Gasteiger partial charge >= 0.3 is 6.03 Å². The van der Waals surface area contributed by atoms with Crippen LogP contribution < -0.4 is 29.0 Å². The number of methoxy groups -OCH3 is 4. The van der Waals surface area contributed by atoms with Crippen LogP contribution in [0.2, 0.25) is 0 Å². The minimum atomic E-state index is -3.66. The molecule has 1 aliphatic rings. The lowest BCUT2D eigenvalue weighted by Crippen LogP contribution is -2.33. The third kappa shape index (κ3) is 8.80. The Balaban J connectivity index is 1.61. The van der Waals surface area contributed by atoms with Gasteiger partial charge in [0.25, 0.3) is 0 Å². The van der Waals surface area contributed by atoms with Crippen molar-refractivity contribution in [3.63, 3.8) is 0 Å². The predicted molar refractivity (Wildman–Crippen MR) is 179 cm³/mol. The fourth-order valence-electron chi connectivity index (χ4n) is 5.22. The van der Waals surface area contributed by atoms with E-state index >= 15 is 0 Å². The van der Waals surface area contributed by atoms with Crippen molar-refractivity contribution < 1.29 is 46.8 Å². The molecule has 1 aliphatic heterocycles. The number of urea groups is 1. The standard InChI is InChI=1S/C33H41BrN2O10S/c1-6-7-14-36(38)33(37)35-25-17-21(26-12-13-27(46-26)22-19-29(42-3)32(44-5)30(20-22)43-4)18-28(41-2)31(25)45-15-16-47(39,40)24-10-8-23(34)9-11-24/h8-11,17-20,26-27,38H,6-7,12-16H2,1-5H3,(H,35,37)/t26-,27-/m0/s1. The summed E-state index contributed by atoms with van der Waals surface area (Å²) >= 11 is 3.31. The number of carbonyl (C=O) groups excluding carboxylic acids is 1. The van der Waals surface area contributed by atoms with Crippen LogP contribution in [0.5, 0.6) is 28.7 Å². The molecule has 0 unspecified atom stereocenters. The van der Waals surface area contributed by atoms with Crippen LogP contribution in [-0.2, 0) is 14.6 Å². The average Bonchev–Trinajstić information content (AvgIpc) is 3.57. The number of sulfone groups is 1. The number of benzene rings is 3. The molecular formula is C33H41BrN2O10S. The lowest BCUT2D eigenvalue weighted by atomic mass is 10.0. The van der Waals surface area contributed by atoms with Crippen LogP contribution >= 0.6 is 15.9 Å². The van der Waals surface area contributed by atoms with Crippen LogP contribution in [0.25, 0.3) is 0 Å². The molecule has 1 fully saturated rings. The molecule has 3 aromatic carbocycles. The number of amides is 2. The number of carbonyl (C=O) groups is 1. The van der Waals surface area contributed by atoms with E-state index in [2.05, 4.69) is 21.2 Å². The number of unbranched alkanes of at least 4 members (excludes halogenated alkanes) is 1. The SMILES string of the molecule is CCCCN(O)C(=O)Nc1cc([C@@H]2CC[C@@H](c3cc(OC)c(OC)c(OC)c3)O2)cc(OC)c1OCCS(=O)(=O)c1ccc(Br)cc1. The number of hydrogen-bond donors (Lipinski definition) is 2. The summed E-state index contributed by atoms with van der Waals surface area (Å²) in [6, 6.07) is 12.7. The van der Waals surface area contributed by atoms with E-state index < -0.39 is 15.9 Å². The molecule has 1 heterocycles. The Labute approximate surface area is 283 Å². The zero-order valence-corrected chi connectivity index (χ0v) is 29.5. The second-order valence-electron chi connectivity index (χ2n) is 10.8. The number of hydroxylamine groups is 2. The summed E-state index contributed by atoms with van der Waals surface area (Å²) in [6.45, 7) is 1.85. The van der Waals surface area contributed by atoms with Gasteiger partial charge in [-0.1, -0.05) is 29.3 Å². The van der Waals surface area contributed by atoms with Gasteiger partial charge in [-0.2, -0.15) is 0 Å². The molecule has 0 aromatic heterocycles. The molecule has 0 aliphatic carbocycles. The van der Waals surface area contributed by atoms with Crippen molar-refractivity contribution in [2.45, 2.75) is 49.7 Å². The van der Waals surface area contributed by atoms with Crippen LogP contribution in [-0.4, -0.2) is 72.1 Å². The number of nitrogens with one attached hydrogen (secondary N) is 1. The Hall–Kier alpha value is -3.72. The Morgan fingerprint density at radius 1 is 0.915 bits per heavy atom. The molecule has 256 valence electrons. The molecule has 0 spiro atoms. The van der Waals surface area contributed by atoms with E-state index in [1.807, 2.05) is 19.1 Å². The average molecular weight is 738 g/mol. The number of nitrogens with zero attached hydrogens (tertiary/aromatic N) is 1. The topological polar surface area (TPSA) is 142 Å². The Kier molecular flexibility index (Phi) is 12.6. The van der Waals surface area contributed by atoms with Gasteiger partial charge in [-0.05, 0) is 78.9 Å². The molecular weight excluding hydrogens is 696 g/mol.